The van der Waals surface area contributed by atoms with Crippen LogP contribution in [-0.2, 0) is 0 Å². The molecule has 0 aromatic carbocycles. The van der Waals surface area contributed by atoms with Gasteiger partial charge in [0.05, 0.1) is 0 Å². The van der Waals surface area contributed by atoms with E-state index < -0.39 is 0 Å². The van der Waals surface area contributed by atoms with E-state index in [4.69, 9.17) is 4.99 Å². The Morgan fingerprint density at radius 1 is 1.58 bits per heavy atom. The van der Waals surface area contributed by atoms with Crippen molar-refractivity contribution in [3.05, 3.63) is 36.7 Å². The van der Waals surface area contributed by atoms with Crippen LogP contribution in [0.5, 0.6) is 0 Å². The molecule has 1 rings (SSSR count). The number of nitrogens with zero attached hydrogens (tertiary/aromatic N) is 3. The van der Waals surface area contributed by atoms with Gasteiger partial charge in [0, 0.05) is 24.7 Å². The molecule has 1 aliphatic heterocycles. The van der Waals surface area contributed by atoms with Crippen molar-refractivity contribution in [2.24, 2.45) is 15.0 Å². The second-order valence-electron chi connectivity index (χ2n) is 4.57. The molecule has 1 atom stereocenters. The Morgan fingerprint density at radius 2 is 2.32 bits per heavy atom. The lowest BCUT2D eigenvalue weighted by molar-refractivity contribution is 0.642. The first-order valence-corrected chi connectivity index (χ1v) is 6.38. The van der Waals surface area contributed by atoms with Crippen LogP contribution in [0.3, 0.4) is 0 Å². The third kappa shape index (κ3) is 3.74. The number of nitrogens with one attached hydrogen (secondary N) is 1. The van der Waals surface area contributed by atoms with Crippen LogP contribution < -0.4 is 5.32 Å². The Kier molecular flexibility index (Phi) is 5.42. The van der Waals surface area contributed by atoms with E-state index in [1.54, 1.807) is 12.4 Å². The second kappa shape index (κ2) is 6.83. The van der Waals surface area contributed by atoms with Gasteiger partial charge in [-0.15, -0.1) is 0 Å². The van der Waals surface area contributed by atoms with Crippen LogP contribution >= 0.6 is 0 Å². The van der Waals surface area contributed by atoms with Gasteiger partial charge in [-0.05, 0) is 38.6 Å². The van der Waals surface area contributed by atoms with Crippen molar-refractivity contribution in [3.63, 3.8) is 0 Å². The van der Waals surface area contributed by atoms with Gasteiger partial charge in [-0.25, -0.2) is 0 Å². The smallest absolute Gasteiger partial charge is 0.125 e. The van der Waals surface area contributed by atoms with Crippen molar-refractivity contribution in [2.45, 2.75) is 32.7 Å². The molecule has 4 nitrogen and oxygen atoms in total. The molecule has 0 aliphatic carbocycles. The first-order valence-electron chi connectivity index (χ1n) is 6.38. The summed E-state index contributed by atoms with van der Waals surface area (Å²) >= 11 is 0. The van der Waals surface area contributed by atoms with Gasteiger partial charge in [-0.2, -0.15) is 0 Å². The number of allylic oxidation sites excluding steroid dienone is 2. The highest BCUT2D eigenvalue weighted by atomic mass is 15.1. The van der Waals surface area contributed by atoms with Gasteiger partial charge in [0.2, 0.25) is 0 Å². The summed E-state index contributed by atoms with van der Waals surface area (Å²) in [5, 5.41) is 3.33. The maximum Gasteiger partial charge on any atom is 0.125 e. The third-order valence-electron chi connectivity index (χ3n) is 3.07. The zero-order valence-electron chi connectivity index (χ0n) is 12.0. The second-order valence-corrected chi connectivity index (χ2v) is 4.57. The van der Waals surface area contributed by atoms with Gasteiger partial charge < -0.3 is 5.32 Å². The van der Waals surface area contributed by atoms with E-state index in [9.17, 15) is 0 Å². The zero-order chi connectivity index (χ0) is 14.3. The molecular formula is C15H22N4. The summed E-state index contributed by atoms with van der Waals surface area (Å²) in [4.78, 5) is 12.8. The van der Waals surface area contributed by atoms with E-state index in [2.05, 4.69) is 42.4 Å². The quantitative estimate of drug-likeness (QED) is 0.578. The number of rotatable bonds is 6. The summed E-state index contributed by atoms with van der Waals surface area (Å²) in [5.41, 5.74) is 1.83. The number of hydrogen-bond donors (Lipinski definition) is 1. The van der Waals surface area contributed by atoms with Gasteiger partial charge in [0.25, 0.3) is 0 Å². The summed E-state index contributed by atoms with van der Waals surface area (Å²) < 4.78 is 0. The minimum absolute atomic E-state index is 0.284. The fourth-order valence-corrected chi connectivity index (χ4v) is 2.02. The molecule has 19 heavy (non-hydrogen) atoms. The van der Waals surface area contributed by atoms with Crippen LogP contribution in [0, 0.1) is 0 Å². The molecule has 1 aliphatic rings. The molecule has 102 valence electrons. The van der Waals surface area contributed by atoms with Gasteiger partial charge in [-0.3, -0.25) is 15.0 Å². The molecule has 1 N–H and O–H groups in total. The largest absolute Gasteiger partial charge is 0.367 e. The van der Waals surface area contributed by atoms with Crippen LogP contribution in [0.25, 0.3) is 0 Å². The highest BCUT2D eigenvalue weighted by Crippen LogP contribution is 2.21. The molecule has 1 unspecified atom stereocenters. The highest BCUT2D eigenvalue weighted by molar-refractivity contribution is 6.05. The number of amidine groups is 1. The summed E-state index contributed by atoms with van der Waals surface area (Å²) in [5.74, 6) is 0.904. The van der Waals surface area contributed by atoms with Crippen molar-refractivity contribution >= 4 is 18.3 Å². The van der Waals surface area contributed by atoms with Crippen LogP contribution in [-0.4, -0.2) is 30.3 Å². The standard InChI is InChI=1S/C15H22N4/c1-6-13(17-7-2)15(4)11-18-14(19-15)12(3)9-8-10-16-5/h7-10H,2,5-6,11H2,1,3-4H3,(H,18,19)/b10-8-,12-9+,17-13?. The molecule has 1 heterocycles. The Hall–Kier alpha value is -1.97. The summed E-state index contributed by atoms with van der Waals surface area (Å²) in [6.45, 7) is 14.0. The molecule has 0 spiro atoms. The molecule has 0 saturated carbocycles. The first kappa shape index (κ1) is 15.1. The summed E-state index contributed by atoms with van der Waals surface area (Å²) in [6, 6.07) is 0. The molecule has 0 aromatic heterocycles. The van der Waals surface area contributed by atoms with Crippen LogP contribution in [0.1, 0.15) is 27.2 Å². The fraction of sp³-hybridized carbons (Fsp3) is 0.400. The SMILES string of the molecule is C=CN=C(CC)C1(C)CNC(/C(C)=C/C=C\N=C)=N1. The monoisotopic (exact) mass is 258 g/mol. The van der Waals surface area contributed by atoms with Crippen molar-refractivity contribution < 1.29 is 0 Å². The predicted molar refractivity (Wildman–Crippen MR) is 84.2 cm³/mol. The lowest BCUT2D eigenvalue weighted by Gasteiger charge is -2.20. The predicted octanol–water partition coefficient (Wildman–Crippen LogP) is 2.90. The molecule has 0 amide bonds. The highest BCUT2D eigenvalue weighted by Gasteiger charge is 2.34. The number of hydrogen-bond acceptors (Lipinski definition) is 4. The van der Waals surface area contributed by atoms with E-state index in [0.29, 0.717) is 0 Å². The van der Waals surface area contributed by atoms with Gasteiger partial charge in [0.1, 0.15) is 11.4 Å². The van der Waals surface area contributed by atoms with Crippen molar-refractivity contribution in [3.8, 4) is 0 Å². The van der Waals surface area contributed by atoms with Crippen molar-refractivity contribution in [1.29, 1.82) is 0 Å². The van der Waals surface area contributed by atoms with E-state index in [1.807, 2.05) is 19.1 Å². The van der Waals surface area contributed by atoms with E-state index in [1.165, 1.54) is 0 Å². The Labute approximate surface area is 115 Å². The maximum atomic E-state index is 4.77. The normalized spacial score (nSPS) is 24.3. The van der Waals surface area contributed by atoms with Crippen LogP contribution in [0.15, 0.2) is 51.7 Å². The van der Waals surface area contributed by atoms with Gasteiger partial charge >= 0.3 is 0 Å². The average Bonchev–Trinajstić information content (AvgIpc) is 2.80. The average molecular weight is 258 g/mol. The summed E-state index contributed by atoms with van der Waals surface area (Å²) in [6.07, 6.45) is 7.90. The Balaban J connectivity index is 2.97. The zero-order valence-corrected chi connectivity index (χ0v) is 12.0. The summed E-state index contributed by atoms with van der Waals surface area (Å²) in [7, 11) is 0. The van der Waals surface area contributed by atoms with Gasteiger partial charge in [-0.1, -0.05) is 19.6 Å². The molecule has 4 heteroatoms. The first-order chi connectivity index (χ1) is 9.07. The van der Waals surface area contributed by atoms with E-state index in [0.717, 1.165) is 30.1 Å². The van der Waals surface area contributed by atoms with Crippen LogP contribution in [0.4, 0.5) is 0 Å². The van der Waals surface area contributed by atoms with Crippen molar-refractivity contribution in [1.82, 2.24) is 5.32 Å². The molecule has 0 radical (unpaired) electrons. The Bertz CT molecular complexity index is 469. The lowest BCUT2D eigenvalue weighted by atomic mass is 9.95. The number of aliphatic imine (C=N–C) groups is 3. The molecule has 0 bridgehead atoms. The third-order valence-corrected chi connectivity index (χ3v) is 3.07. The Morgan fingerprint density at radius 3 is 2.89 bits per heavy atom. The van der Waals surface area contributed by atoms with Gasteiger partial charge in [0.15, 0.2) is 0 Å². The molecule has 0 fully saturated rings. The lowest BCUT2D eigenvalue weighted by Crippen LogP contribution is -2.37. The minimum Gasteiger partial charge on any atom is -0.367 e. The minimum atomic E-state index is -0.284. The maximum absolute atomic E-state index is 4.77. The fourth-order valence-electron chi connectivity index (χ4n) is 2.02. The topological polar surface area (TPSA) is 49.1 Å². The molecular weight excluding hydrogens is 236 g/mol. The molecule has 0 aromatic rings. The molecule has 0 saturated heterocycles. The van der Waals surface area contributed by atoms with Crippen LogP contribution in [0.2, 0.25) is 0 Å². The van der Waals surface area contributed by atoms with E-state index >= 15 is 0 Å². The van der Waals surface area contributed by atoms with E-state index in [-0.39, 0.29) is 5.54 Å². The van der Waals surface area contributed by atoms with Crippen molar-refractivity contribution in [2.75, 3.05) is 6.54 Å².